The summed E-state index contributed by atoms with van der Waals surface area (Å²) in [5, 5.41) is 5.04. The molecule has 2 aliphatic heterocycles. The van der Waals surface area contributed by atoms with Crippen molar-refractivity contribution in [2.24, 2.45) is 0 Å². The zero-order chi connectivity index (χ0) is 22.2. The Morgan fingerprint density at radius 2 is 2.00 bits per heavy atom. The molecule has 0 amide bonds. The fraction of sp³-hybridized carbons (Fsp3) is 0.360. The minimum atomic E-state index is -0.0368. The van der Waals surface area contributed by atoms with Crippen molar-refractivity contribution in [3.05, 3.63) is 82.4 Å². The standard InChI is InChI=1S/C25H27ClN4OS/c1-16-14-19(17(2)30(16)22-11-4-3-9-20(22)26)24-23(21-10-5-6-12-27-21)28-25(32)29(24)15-18-8-7-13-31-18/h3-6,9-12,14,18,23-24H,7-8,13,15H2,1-2H3,(H,28,32)/t18-,23+,24-/m0/s1. The lowest BCUT2D eigenvalue weighted by Gasteiger charge is -2.30. The molecular weight excluding hydrogens is 440 g/mol. The number of hydrogen-bond donors (Lipinski definition) is 1. The van der Waals surface area contributed by atoms with Gasteiger partial charge < -0.3 is 19.5 Å². The van der Waals surface area contributed by atoms with Crippen molar-refractivity contribution < 1.29 is 4.74 Å². The number of aryl methyl sites for hydroxylation is 1. The molecule has 5 nitrogen and oxygen atoms in total. The largest absolute Gasteiger partial charge is 0.376 e. The van der Waals surface area contributed by atoms with Gasteiger partial charge in [-0.1, -0.05) is 29.8 Å². The van der Waals surface area contributed by atoms with Gasteiger partial charge in [0.15, 0.2) is 5.11 Å². The highest BCUT2D eigenvalue weighted by Gasteiger charge is 2.42. The van der Waals surface area contributed by atoms with Gasteiger partial charge in [-0.2, -0.15) is 0 Å². The van der Waals surface area contributed by atoms with E-state index in [0.29, 0.717) is 0 Å². The first-order valence-electron chi connectivity index (χ1n) is 11.1. The number of thiocarbonyl (C=S) groups is 1. The van der Waals surface area contributed by atoms with E-state index in [-0.39, 0.29) is 18.2 Å². The lowest BCUT2D eigenvalue weighted by Crippen LogP contribution is -2.36. The van der Waals surface area contributed by atoms with E-state index in [2.05, 4.69) is 51.8 Å². The highest BCUT2D eigenvalue weighted by Crippen LogP contribution is 2.42. The SMILES string of the molecule is Cc1cc([C@H]2[C@@H](c3ccccn3)NC(=S)N2C[C@@H]2CCCO2)c(C)n1-c1ccccc1Cl. The molecular formula is C25H27ClN4OS. The smallest absolute Gasteiger partial charge is 0.170 e. The van der Waals surface area contributed by atoms with Gasteiger partial charge in [-0.15, -0.1) is 0 Å². The number of nitrogens with zero attached hydrogens (tertiary/aromatic N) is 3. The summed E-state index contributed by atoms with van der Waals surface area (Å²) in [7, 11) is 0. The quantitative estimate of drug-likeness (QED) is 0.517. The molecule has 3 atom stereocenters. The maximum atomic E-state index is 6.57. The van der Waals surface area contributed by atoms with Gasteiger partial charge in [-0.05, 0) is 74.8 Å². The minimum Gasteiger partial charge on any atom is -0.376 e. The molecule has 2 fully saturated rings. The normalized spacial score (nSPS) is 23.0. The zero-order valence-electron chi connectivity index (χ0n) is 18.3. The van der Waals surface area contributed by atoms with E-state index in [1.807, 2.05) is 36.5 Å². The van der Waals surface area contributed by atoms with E-state index in [9.17, 15) is 0 Å². The molecule has 7 heteroatoms. The number of ether oxygens (including phenoxy) is 1. The Labute approximate surface area is 199 Å². The molecule has 1 N–H and O–H groups in total. The van der Waals surface area contributed by atoms with Gasteiger partial charge in [0.2, 0.25) is 0 Å². The van der Waals surface area contributed by atoms with Crippen LogP contribution in [0.25, 0.3) is 5.69 Å². The summed E-state index contributed by atoms with van der Waals surface area (Å²) >= 11 is 12.4. The third-order valence-corrected chi connectivity index (χ3v) is 7.18. The number of aromatic nitrogens is 2. The van der Waals surface area contributed by atoms with Crippen LogP contribution in [0.5, 0.6) is 0 Å². The summed E-state index contributed by atoms with van der Waals surface area (Å²) in [6.07, 6.45) is 4.21. The number of halogens is 1. The van der Waals surface area contributed by atoms with Crippen molar-refractivity contribution in [2.45, 2.75) is 44.9 Å². The van der Waals surface area contributed by atoms with Crippen molar-refractivity contribution in [1.82, 2.24) is 19.8 Å². The highest BCUT2D eigenvalue weighted by molar-refractivity contribution is 7.80. The molecule has 5 rings (SSSR count). The summed E-state index contributed by atoms with van der Waals surface area (Å²) in [4.78, 5) is 6.96. The summed E-state index contributed by atoms with van der Waals surface area (Å²) in [6.45, 7) is 5.89. The lowest BCUT2D eigenvalue weighted by atomic mass is 9.96. The molecule has 0 unspecified atom stereocenters. The molecule has 2 aromatic heterocycles. The number of benzene rings is 1. The molecule has 0 saturated carbocycles. The number of para-hydroxylation sites is 1. The predicted octanol–water partition coefficient (Wildman–Crippen LogP) is 5.29. The average molecular weight is 467 g/mol. The van der Waals surface area contributed by atoms with Crippen molar-refractivity contribution >= 4 is 28.9 Å². The second-order valence-corrected chi connectivity index (χ2v) is 9.32. The van der Waals surface area contributed by atoms with Crippen LogP contribution in [0, 0.1) is 13.8 Å². The van der Waals surface area contributed by atoms with Crippen molar-refractivity contribution in [3.63, 3.8) is 0 Å². The third-order valence-electron chi connectivity index (χ3n) is 6.50. The van der Waals surface area contributed by atoms with Crippen LogP contribution in [0.15, 0.2) is 54.7 Å². The van der Waals surface area contributed by atoms with Crippen LogP contribution in [-0.2, 0) is 4.74 Å². The molecule has 4 heterocycles. The average Bonchev–Trinajstić information content (AvgIpc) is 3.49. The summed E-state index contributed by atoms with van der Waals surface area (Å²) < 4.78 is 8.20. The Morgan fingerprint density at radius 1 is 1.19 bits per heavy atom. The van der Waals surface area contributed by atoms with Gasteiger partial charge in [0.25, 0.3) is 0 Å². The van der Waals surface area contributed by atoms with Crippen LogP contribution in [0.4, 0.5) is 0 Å². The predicted molar refractivity (Wildman–Crippen MR) is 131 cm³/mol. The molecule has 32 heavy (non-hydrogen) atoms. The Morgan fingerprint density at radius 3 is 2.72 bits per heavy atom. The first kappa shape index (κ1) is 21.4. The first-order valence-corrected chi connectivity index (χ1v) is 11.9. The van der Waals surface area contributed by atoms with Gasteiger partial charge in [0, 0.05) is 30.7 Å². The van der Waals surface area contributed by atoms with Gasteiger partial charge in [0.05, 0.1) is 34.6 Å². The van der Waals surface area contributed by atoms with Crippen molar-refractivity contribution in [1.29, 1.82) is 0 Å². The van der Waals surface area contributed by atoms with Crippen molar-refractivity contribution in [3.8, 4) is 5.69 Å². The fourth-order valence-electron chi connectivity index (χ4n) is 5.04. The molecule has 0 radical (unpaired) electrons. The van der Waals surface area contributed by atoms with Crippen LogP contribution in [-0.4, -0.2) is 38.8 Å². The van der Waals surface area contributed by atoms with Gasteiger partial charge >= 0.3 is 0 Å². The second kappa shape index (κ2) is 8.85. The first-order chi connectivity index (χ1) is 15.5. The fourth-order valence-corrected chi connectivity index (χ4v) is 5.57. The van der Waals surface area contributed by atoms with Crippen LogP contribution in [0.3, 0.4) is 0 Å². The number of pyridine rings is 1. The maximum absolute atomic E-state index is 6.57. The van der Waals surface area contributed by atoms with Gasteiger partial charge in [-0.25, -0.2) is 0 Å². The molecule has 1 aromatic carbocycles. The number of hydrogen-bond acceptors (Lipinski definition) is 3. The Hall–Kier alpha value is -2.41. The molecule has 2 aliphatic rings. The van der Waals surface area contributed by atoms with E-state index < -0.39 is 0 Å². The van der Waals surface area contributed by atoms with E-state index in [0.717, 1.165) is 58.9 Å². The third kappa shape index (κ3) is 3.81. The molecule has 166 valence electrons. The molecule has 2 saturated heterocycles. The van der Waals surface area contributed by atoms with Crippen LogP contribution in [0.2, 0.25) is 5.02 Å². The van der Waals surface area contributed by atoms with E-state index in [1.165, 1.54) is 5.56 Å². The van der Waals surface area contributed by atoms with Crippen LogP contribution in [0.1, 0.15) is 47.6 Å². The van der Waals surface area contributed by atoms with Gasteiger partial charge in [0.1, 0.15) is 0 Å². The highest BCUT2D eigenvalue weighted by atomic mass is 35.5. The second-order valence-electron chi connectivity index (χ2n) is 8.53. The van der Waals surface area contributed by atoms with E-state index in [1.54, 1.807) is 0 Å². The Kier molecular flexibility index (Phi) is 5.93. The summed E-state index contributed by atoms with van der Waals surface area (Å²) in [6, 6.07) is 16.3. The van der Waals surface area contributed by atoms with Crippen LogP contribution >= 0.6 is 23.8 Å². The Bertz CT molecular complexity index is 1130. The van der Waals surface area contributed by atoms with Crippen molar-refractivity contribution in [2.75, 3.05) is 13.2 Å². The molecule has 0 aliphatic carbocycles. The maximum Gasteiger partial charge on any atom is 0.170 e. The lowest BCUT2D eigenvalue weighted by molar-refractivity contribution is 0.0842. The summed E-state index contributed by atoms with van der Waals surface area (Å²) in [5.41, 5.74) is 5.50. The molecule has 0 spiro atoms. The van der Waals surface area contributed by atoms with E-state index in [4.69, 9.17) is 28.6 Å². The van der Waals surface area contributed by atoms with Crippen LogP contribution < -0.4 is 5.32 Å². The molecule has 3 aromatic rings. The minimum absolute atomic E-state index is 0.0176. The number of rotatable bonds is 5. The van der Waals surface area contributed by atoms with E-state index >= 15 is 0 Å². The monoisotopic (exact) mass is 466 g/mol. The summed E-state index contributed by atoms with van der Waals surface area (Å²) in [5.74, 6) is 0. The molecule has 0 bridgehead atoms. The Balaban J connectivity index is 1.60. The zero-order valence-corrected chi connectivity index (χ0v) is 19.9. The van der Waals surface area contributed by atoms with Gasteiger partial charge in [-0.3, -0.25) is 4.98 Å². The number of nitrogens with one attached hydrogen (secondary N) is 1. The topological polar surface area (TPSA) is 42.3 Å².